The summed E-state index contributed by atoms with van der Waals surface area (Å²) in [5.41, 5.74) is 2.07. The molecule has 1 amide bonds. The lowest BCUT2D eigenvalue weighted by Gasteiger charge is -2.28. The van der Waals surface area contributed by atoms with Crippen LogP contribution in [-0.2, 0) is 20.0 Å². The van der Waals surface area contributed by atoms with Gasteiger partial charge in [0.1, 0.15) is 5.75 Å². The van der Waals surface area contributed by atoms with Gasteiger partial charge in [0, 0.05) is 17.9 Å². The molecule has 6 heteroatoms. The van der Waals surface area contributed by atoms with Gasteiger partial charge < -0.3 is 10.1 Å². The maximum absolute atomic E-state index is 12.6. The van der Waals surface area contributed by atoms with E-state index >= 15 is 0 Å². The minimum Gasteiger partial charge on any atom is -0.497 e. The summed E-state index contributed by atoms with van der Waals surface area (Å²) in [7, 11) is -2.04. The number of aryl methyl sites for hydroxylation is 1. The standard InChI is InChI=1S/C22H29NO4S/c1-16-8-6-7-9-20(16)22(3,4)15-23-21(24)17(2)14-28(25,26)19-12-10-18(27-5)11-13-19/h6-13,17H,14-15H2,1-5H3,(H,23,24). The molecule has 2 aromatic rings. The lowest BCUT2D eigenvalue weighted by Crippen LogP contribution is -2.40. The first kappa shape index (κ1) is 22.0. The molecule has 0 aromatic heterocycles. The fourth-order valence-electron chi connectivity index (χ4n) is 3.19. The Morgan fingerprint density at radius 2 is 1.71 bits per heavy atom. The van der Waals surface area contributed by atoms with Gasteiger partial charge in [0.25, 0.3) is 0 Å². The topological polar surface area (TPSA) is 72.5 Å². The average Bonchev–Trinajstić information content (AvgIpc) is 2.66. The largest absolute Gasteiger partial charge is 0.497 e. The Labute approximate surface area is 168 Å². The van der Waals surface area contributed by atoms with Crippen LogP contribution >= 0.6 is 0 Å². The Hall–Kier alpha value is -2.34. The highest BCUT2D eigenvalue weighted by Gasteiger charge is 2.27. The van der Waals surface area contributed by atoms with Gasteiger partial charge >= 0.3 is 0 Å². The van der Waals surface area contributed by atoms with E-state index in [0.717, 1.165) is 11.1 Å². The maximum atomic E-state index is 12.6. The van der Waals surface area contributed by atoms with Crippen molar-refractivity contribution in [1.82, 2.24) is 5.32 Å². The molecule has 0 aliphatic carbocycles. The number of sulfone groups is 1. The molecule has 0 aliphatic rings. The van der Waals surface area contributed by atoms with Gasteiger partial charge in [-0.1, -0.05) is 45.0 Å². The fraction of sp³-hybridized carbons (Fsp3) is 0.409. The Kier molecular flexibility index (Phi) is 6.88. The van der Waals surface area contributed by atoms with E-state index in [1.165, 1.54) is 19.2 Å². The third kappa shape index (κ3) is 5.35. The van der Waals surface area contributed by atoms with Crippen LogP contribution in [0.5, 0.6) is 5.75 Å². The highest BCUT2D eigenvalue weighted by Crippen LogP contribution is 2.25. The number of hydrogen-bond donors (Lipinski definition) is 1. The van der Waals surface area contributed by atoms with Crippen LogP contribution in [0.25, 0.3) is 0 Å². The summed E-state index contributed by atoms with van der Waals surface area (Å²) in [4.78, 5) is 12.7. The molecule has 5 nitrogen and oxygen atoms in total. The van der Waals surface area contributed by atoms with Gasteiger partial charge in [0.15, 0.2) is 9.84 Å². The Bertz CT molecular complexity index is 918. The van der Waals surface area contributed by atoms with Crippen molar-refractivity contribution in [2.75, 3.05) is 19.4 Å². The molecule has 1 unspecified atom stereocenters. The highest BCUT2D eigenvalue weighted by molar-refractivity contribution is 7.91. The van der Waals surface area contributed by atoms with Crippen molar-refractivity contribution >= 4 is 15.7 Å². The van der Waals surface area contributed by atoms with E-state index in [2.05, 4.69) is 25.2 Å². The summed E-state index contributed by atoms with van der Waals surface area (Å²) >= 11 is 0. The van der Waals surface area contributed by atoms with E-state index in [0.29, 0.717) is 12.3 Å². The van der Waals surface area contributed by atoms with Gasteiger partial charge in [-0.05, 0) is 42.3 Å². The predicted octanol–water partition coefficient (Wildman–Crippen LogP) is 3.51. The smallest absolute Gasteiger partial charge is 0.223 e. The van der Waals surface area contributed by atoms with Crippen molar-refractivity contribution in [2.45, 2.75) is 38.0 Å². The second-order valence-corrected chi connectivity index (χ2v) is 9.81. The molecule has 0 fully saturated rings. The third-order valence-corrected chi connectivity index (χ3v) is 6.84. The first-order valence-corrected chi connectivity index (χ1v) is 10.9. The second kappa shape index (κ2) is 8.78. The normalized spacial score (nSPS) is 13.0. The lowest BCUT2D eigenvalue weighted by molar-refractivity contribution is -0.124. The van der Waals surface area contributed by atoms with Crippen molar-refractivity contribution in [3.05, 3.63) is 59.7 Å². The van der Waals surface area contributed by atoms with Gasteiger partial charge in [0.2, 0.25) is 5.91 Å². The number of benzene rings is 2. The van der Waals surface area contributed by atoms with Crippen LogP contribution in [0.1, 0.15) is 31.9 Å². The number of rotatable bonds is 8. The maximum Gasteiger partial charge on any atom is 0.223 e. The molecular weight excluding hydrogens is 374 g/mol. The molecule has 0 radical (unpaired) electrons. The zero-order valence-corrected chi connectivity index (χ0v) is 18.0. The quantitative estimate of drug-likeness (QED) is 0.732. The molecule has 0 heterocycles. The molecule has 0 aliphatic heterocycles. The van der Waals surface area contributed by atoms with Crippen LogP contribution in [0, 0.1) is 12.8 Å². The molecule has 0 saturated heterocycles. The summed E-state index contributed by atoms with van der Waals surface area (Å²) in [6.07, 6.45) is 0. The number of carbonyl (C=O) groups is 1. The second-order valence-electron chi connectivity index (χ2n) is 7.77. The average molecular weight is 404 g/mol. The van der Waals surface area contributed by atoms with E-state index in [4.69, 9.17) is 4.74 Å². The molecule has 0 saturated carbocycles. The zero-order valence-electron chi connectivity index (χ0n) is 17.2. The molecule has 0 bridgehead atoms. The summed E-state index contributed by atoms with van der Waals surface area (Å²) in [6, 6.07) is 14.3. The Morgan fingerprint density at radius 3 is 2.29 bits per heavy atom. The fourth-order valence-corrected chi connectivity index (χ4v) is 4.75. The number of hydrogen-bond acceptors (Lipinski definition) is 4. The number of ether oxygens (including phenoxy) is 1. The summed E-state index contributed by atoms with van der Waals surface area (Å²) in [5.74, 6) is -0.572. The lowest BCUT2D eigenvalue weighted by atomic mass is 9.82. The first-order valence-electron chi connectivity index (χ1n) is 9.27. The number of amides is 1. The van der Waals surface area contributed by atoms with Crippen LogP contribution in [0.15, 0.2) is 53.4 Å². The Balaban J connectivity index is 2.01. The molecule has 152 valence electrons. The highest BCUT2D eigenvalue weighted by atomic mass is 32.2. The van der Waals surface area contributed by atoms with Gasteiger partial charge in [-0.15, -0.1) is 0 Å². The molecule has 2 rings (SSSR count). The molecule has 2 aromatic carbocycles. The zero-order chi connectivity index (χ0) is 20.9. The Morgan fingerprint density at radius 1 is 1.11 bits per heavy atom. The summed E-state index contributed by atoms with van der Waals surface area (Å²) in [6.45, 7) is 8.24. The van der Waals surface area contributed by atoms with Gasteiger partial charge in [0.05, 0.1) is 17.8 Å². The molecule has 1 atom stereocenters. The molecule has 0 spiro atoms. The van der Waals surface area contributed by atoms with Crippen LogP contribution in [0.2, 0.25) is 0 Å². The van der Waals surface area contributed by atoms with Gasteiger partial charge in [-0.2, -0.15) is 0 Å². The third-order valence-electron chi connectivity index (χ3n) is 4.91. The first-order chi connectivity index (χ1) is 13.1. The van der Waals surface area contributed by atoms with Gasteiger partial charge in [-0.3, -0.25) is 4.79 Å². The molecule has 28 heavy (non-hydrogen) atoms. The predicted molar refractivity (Wildman–Crippen MR) is 111 cm³/mol. The minimum absolute atomic E-state index is 0.188. The van der Waals surface area contributed by atoms with E-state index < -0.39 is 15.8 Å². The monoisotopic (exact) mass is 403 g/mol. The van der Waals surface area contributed by atoms with Crippen molar-refractivity contribution in [1.29, 1.82) is 0 Å². The van der Waals surface area contributed by atoms with Crippen LogP contribution < -0.4 is 10.1 Å². The summed E-state index contributed by atoms with van der Waals surface area (Å²) < 4.78 is 30.2. The van der Waals surface area contributed by atoms with Crippen LogP contribution in [0.4, 0.5) is 0 Å². The minimum atomic E-state index is -3.56. The molecular formula is C22H29NO4S. The summed E-state index contributed by atoms with van der Waals surface area (Å²) in [5, 5.41) is 2.92. The SMILES string of the molecule is COc1ccc(S(=O)(=O)CC(C)C(=O)NCC(C)(C)c2ccccc2C)cc1. The number of carbonyl (C=O) groups excluding carboxylic acids is 1. The van der Waals surface area contributed by atoms with E-state index in [9.17, 15) is 13.2 Å². The van der Waals surface area contributed by atoms with Gasteiger partial charge in [-0.25, -0.2) is 8.42 Å². The van der Waals surface area contributed by atoms with E-state index in [1.54, 1.807) is 19.1 Å². The van der Waals surface area contributed by atoms with E-state index in [-0.39, 0.29) is 22.0 Å². The molecule has 1 N–H and O–H groups in total. The van der Waals surface area contributed by atoms with E-state index in [1.807, 2.05) is 25.1 Å². The van der Waals surface area contributed by atoms with Crippen molar-refractivity contribution in [2.24, 2.45) is 5.92 Å². The van der Waals surface area contributed by atoms with Crippen molar-refractivity contribution in [3.8, 4) is 5.75 Å². The van der Waals surface area contributed by atoms with Crippen molar-refractivity contribution < 1.29 is 17.9 Å². The van der Waals surface area contributed by atoms with Crippen LogP contribution in [0.3, 0.4) is 0 Å². The number of nitrogens with one attached hydrogen (secondary N) is 1. The van der Waals surface area contributed by atoms with Crippen molar-refractivity contribution in [3.63, 3.8) is 0 Å². The number of methoxy groups -OCH3 is 1. The van der Waals surface area contributed by atoms with Crippen LogP contribution in [-0.4, -0.2) is 33.7 Å².